The van der Waals surface area contributed by atoms with E-state index in [1.807, 2.05) is 51.1 Å². The van der Waals surface area contributed by atoms with Crippen molar-refractivity contribution >= 4 is 15.9 Å². The van der Waals surface area contributed by atoms with E-state index in [9.17, 15) is 23.4 Å². The molecule has 40 heavy (non-hydrogen) atoms. The highest BCUT2D eigenvalue weighted by molar-refractivity contribution is 7.89. The summed E-state index contributed by atoms with van der Waals surface area (Å²) in [7, 11) is -2.44. The van der Waals surface area contributed by atoms with Crippen molar-refractivity contribution in [1.82, 2.24) is 9.62 Å². The summed E-state index contributed by atoms with van der Waals surface area (Å²) in [6.07, 6.45) is 0.218. The summed E-state index contributed by atoms with van der Waals surface area (Å²) in [6.45, 7) is 6.04. The molecule has 1 fully saturated rings. The largest absolute Gasteiger partial charge is 0.497 e. The second-order valence-electron chi connectivity index (χ2n) is 11.1. The molecule has 1 amide bonds. The number of sulfonamides is 1. The second kappa shape index (κ2) is 14.4. The van der Waals surface area contributed by atoms with Crippen molar-refractivity contribution in [2.45, 2.75) is 81.6 Å². The predicted molar refractivity (Wildman–Crippen MR) is 154 cm³/mol. The molecule has 0 aromatic heterocycles. The molecule has 0 radical (unpaired) electrons. The number of methoxy groups -OCH3 is 1. The maximum absolute atomic E-state index is 13.6. The lowest BCUT2D eigenvalue weighted by Crippen LogP contribution is -2.55. The molecule has 9 nitrogen and oxygen atoms in total. The van der Waals surface area contributed by atoms with E-state index in [2.05, 4.69) is 5.32 Å². The molecule has 2 aromatic carbocycles. The van der Waals surface area contributed by atoms with Gasteiger partial charge in [-0.25, -0.2) is 8.42 Å². The van der Waals surface area contributed by atoms with Crippen LogP contribution in [0.2, 0.25) is 0 Å². The molecule has 1 aliphatic heterocycles. The Kier molecular flexibility index (Phi) is 11.5. The van der Waals surface area contributed by atoms with Crippen LogP contribution in [0.3, 0.4) is 0 Å². The summed E-state index contributed by atoms with van der Waals surface area (Å²) < 4.78 is 39.4. The van der Waals surface area contributed by atoms with Crippen LogP contribution in [0.1, 0.15) is 52.0 Å². The zero-order chi connectivity index (χ0) is 29.3. The highest BCUT2D eigenvalue weighted by Gasteiger charge is 2.39. The van der Waals surface area contributed by atoms with Gasteiger partial charge in [-0.15, -0.1) is 0 Å². The van der Waals surface area contributed by atoms with Crippen molar-refractivity contribution < 1.29 is 32.9 Å². The molecule has 0 unspecified atom stereocenters. The molecule has 1 heterocycles. The van der Waals surface area contributed by atoms with E-state index in [-0.39, 0.29) is 43.4 Å². The third kappa shape index (κ3) is 8.75. The first-order valence-corrected chi connectivity index (χ1v) is 15.4. The lowest BCUT2D eigenvalue weighted by molar-refractivity contribution is -0.151. The fourth-order valence-corrected chi connectivity index (χ4v) is 6.72. The van der Waals surface area contributed by atoms with Crippen LogP contribution >= 0.6 is 0 Å². The predicted octanol–water partition coefficient (Wildman–Crippen LogP) is 3.14. The summed E-state index contributed by atoms with van der Waals surface area (Å²) in [6, 6.07) is 14.7. The van der Waals surface area contributed by atoms with E-state index in [1.165, 1.54) is 23.5 Å². The minimum Gasteiger partial charge on any atom is -0.497 e. The molecule has 4 atom stereocenters. The average Bonchev–Trinajstić information content (AvgIpc) is 2.92. The summed E-state index contributed by atoms with van der Waals surface area (Å²) in [5, 5.41) is 25.3. The lowest BCUT2D eigenvalue weighted by atomic mass is 9.86. The Morgan fingerprint density at radius 3 is 2.42 bits per heavy atom. The van der Waals surface area contributed by atoms with Crippen LogP contribution < -0.4 is 10.1 Å². The number of rotatable bonds is 14. The average molecular weight is 577 g/mol. The number of ether oxygens (including phenoxy) is 2. The van der Waals surface area contributed by atoms with Gasteiger partial charge in [-0.3, -0.25) is 4.79 Å². The number of aliphatic hydroxyl groups is 2. The first-order valence-electron chi connectivity index (χ1n) is 14.0. The Morgan fingerprint density at radius 1 is 1.15 bits per heavy atom. The summed E-state index contributed by atoms with van der Waals surface area (Å²) >= 11 is 0. The Morgan fingerprint density at radius 2 is 1.82 bits per heavy atom. The molecule has 3 N–H and O–H groups in total. The van der Waals surface area contributed by atoms with Crippen molar-refractivity contribution in [3.63, 3.8) is 0 Å². The van der Waals surface area contributed by atoms with Crippen LogP contribution in [0.15, 0.2) is 59.5 Å². The van der Waals surface area contributed by atoms with Gasteiger partial charge in [0.1, 0.15) is 11.9 Å². The van der Waals surface area contributed by atoms with Gasteiger partial charge >= 0.3 is 0 Å². The molecule has 0 aliphatic carbocycles. The Labute approximate surface area is 238 Å². The first kappa shape index (κ1) is 32.0. The van der Waals surface area contributed by atoms with E-state index in [1.54, 1.807) is 12.1 Å². The molecule has 0 saturated carbocycles. The van der Waals surface area contributed by atoms with E-state index in [4.69, 9.17) is 9.47 Å². The topological polar surface area (TPSA) is 125 Å². The first-order chi connectivity index (χ1) is 19.0. The van der Waals surface area contributed by atoms with Gasteiger partial charge in [-0.05, 0) is 55.0 Å². The Hall–Kier alpha value is -2.50. The number of nitrogens with one attached hydrogen (secondary N) is 1. The Balaban J connectivity index is 1.84. The molecule has 3 rings (SSSR count). The van der Waals surface area contributed by atoms with E-state index in [0.29, 0.717) is 18.6 Å². The quantitative estimate of drug-likeness (QED) is 0.316. The van der Waals surface area contributed by atoms with E-state index >= 15 is 0 Å². The maximum Gasteiger partial charge on any atom is 0.249 e. The fraction of sp³-hybridized carbons (Fsp3) is 0.567. The molecule has 0 bridgehead atoms. The molecule has 10 heteroatoms. The van der Waals surface area contributed by atoms with Crippen LogP contribution in [0.25, 0.3) is 0 Å². The number of carbonyl (C=O) groups excluding carboxylic acids is 1. The Bertz CT molecular complexity index is 1170. The molecular formula is C30H44N2O7S. The van der Waals surface area contributed by atoms with Gasteiger partial charge in [0.25, 0.3) is 0 Å². The van der Waals surface area contributed by atoms with Gasteiger partial charge in [-0.2, -0.15) is 4.31 Å². The molecule has 0 spiro atoms. The van der Waals surface area contributed by atoms with Gasteiger partial charge in [-0.1, -0.05) is 57.5 Å². The summed E-state index contributed by atoms with van der Waals surface area (Å²) in [5.74, 6) is 0.104. The lowest BCUT2D eigenvalue weighted by Gasteiger charge is -2.37. The van der Waals surface area contributed by atoms with Gasteiger partial charge in [0, 0.05) is 19.5 Å². The number of amides is 1. The normalized spacial score (nSPS) is 21.2. The SMILES string of the molecule is CCC[C@@]1(O)CCO[C@@H](C(=O)N[C@@H](Cc2ccccc2)[C@H](O)CN(CC(C)C)S(=O)(=O)c2ccc(OC)cc2)C1. The van der Waals surface area contributed by atoms with Crippen LogP contribution in [0.5, 0.6) is 5.75 Å². The molecule has 2 aromatic rings. The van der Waals surface area contributed by atoms with Gasteiger partial charge in [0.15, 0.2) is 0 Å². The summed E-state index contributed by atoms with van der Waals surface area (Å²) in [5.41, 5.74) is -0.0874. The van der Waals surface area contributed by atoms with Crippen LogP contribution in [0.4, 0.5) is 0 Å². The summed E-state index contributed by atoms with van der Waals surface area (Å²) in [4.78, 5) is 13.4. The zero-order valence-corrected chi connectivity index (χ0v) is 24.8. The fourth-order valence-electron chi connectivity index (χ4n) is 5.10. The highest BCUT2D eigenvalue weighted by Crippen LogP contribution is 2.29. The standard InChI is InChI=1S/C30H44N2O7S/c1-5-15-30(35)16-17-39-28(19-30)29(34)31-26(18-23-9-7-6-8-10-23)27(33)21-32(20-22(2)3)40(36,37)25-13-11-24(38-4)12-14-25/h6-14,22,26-28,33,35H,5,15-21H2,1-4H3,(H,31,34)/t26-,27+,28+,30+/m0/s1. The van der Waals surface area contributed by atoms with Crippen molar-refractivity contribution in [2.75, 3.05) is 26.8 Å². The molecule has 1 saturated heterocycles. The highest BCUT2D eigenvalue weighted by atomic mass is 32.2. The zero-order valence-electron chi connectivity index (χ0n) is 24.0. The van der Waals surface area contributed by atoms with Crippen molar-refractivity contribution in [1.29, 1.82) is 0 Å². The van der Waals surface area contributed by atoms with Crippen LogP contribution in [-0.4, -0.2) is 79.5 Å². The van der Waals surface area contributed by atoms with Gasteiger partial charge in [0.05, 0.1) is 36.4 Å². The van der Waals surface area contributed by atoms with E-state index < -0.39 is 39.8 Å². The van der Waals surface area contributed by atoms with Gasteiger partial charge in [0.2, 0.25) is 15.9 Å². The number of hydrogen-bond donors (Lipinski definition) is 3. The minimum atomic E-state index is -3.95. The number of aliphatic hydroxyl groups excluding tert-OH is 1. The third-order valence-electron chi connectivity index (χ3n) is 7.21. The van der Waals surface area contributed by atoms with Crippen molar-refractivity contribution in [2.24, 2.45) is 5.92 Å². The van der Waals surface area contributed by atoms with Crippen LogP contribution in [0, 0.1) is 5.92 Å². The smallest absolute Gasteiger partial charge is 0.249 e. The van der Waals surface area contributed by atoms with Crippen LogP contribution in [-0.2, 0) is 26.0 Å². The molecule has 1 aliphatic rings. The monoisotopic (exact) mass is 576 g/mol. The molecule has 222 valence electrons. The minimum absolute atomic E-state index is 0.00531. The maximum atomic E-state index is 13.6. The second-order valence-corrected chi connectivity index (χ2v) is 13.0. The number of carbonyl (C=O) groups is 1. The van der Waals surface area contributed by atoms with E-state index in [0.717, 1.165) is 12.0 Å². The van der Waals surface area contributed by atoms with Crippen molar-refractivity contribution in [3.8, 4) is 5.75 Å². The third-order valence-corrected chi connectivity index (χ3v) is 9.05. The molecular weight excluding hydrogens is 532 g/mol. The number of benzene rings is 2. The number of nitrogens with zero attached hydrogens (tertiary/aromatic N) is 1. The number of hydrogen-bond acceptors (Lipinski definition) is 7. The van der Waals surface area contributed by atoms with Gasteiger partial charge < -0.3 is 25.0 Å². The van der Waals surface area contributed by atoms with Crippen molar-refractivity contribution in [3.05, 3.63) is 60.2 Å².